The first-order chi connectivity index (χ1) is 22.3. The normalized spacial score (nSPS) is 17.6. The average molecular weight is 580 g/mol. The number of allylic oxidation sites excluding steroid dienone is 2. The summed E-state index contributed by atoms with van der Waals surface area (Å²) in [4.78, 5) is 0. The van der Waals surface area contributed by atoms with Gasteiger partial charge in [0.2, 0.25) is 0 Å². The lowest BCUT2D eigenvalue weighted by molar-refractivity contribution is 0.837. The lowest BCUT2D eigenvalue weighted by Crippen LogP contribution is -2.36. The van der Waals surface area contributed by atoms with Crippen LogP contribution in [0, 0.1) is 0 Å². The minimum atomic E-state index is 0.172. The van der Waals surface area contributed by atoms with Crippen LogP contribution < -0.4 is 15.9 Å². The van der Waals surface area contributed by atoms with E-state index in [4.69, 9.17) is 0 Å². The van der Waals surface area contributed by atoms with E-state index in [1.54, 1.807) is 0 Å². The van der Waals surface area contributed by atoms with E-state index in [0.29, 0.717) is 0 Å². The summed E-state index contributed by atoms with van der Waals surface area (Å²) in [5.41, 5.74) is 8.79. The Labute approximate surface area is 262 Å². The summed E-state index contributed by atoms with van der Waals surface area (Å²) < 4.78 is 5.02. The Kier molecular flexibility index (Phi) is 6.09. The van der Waals surface area contributed by atoms with Crippen molar-refractivity contribution in [2.75, 3.05) is 5.32 Å². The maximum atomic E-state index is 3.87. The number of benzene rings is 5. The number of aromatic nitrogens is 2. The smallest absolute Gasteiger partial charge is 0.0541 e. The van der Waals surface area contributed by atoms with Crippen molar-refractivity contribution in [2.45, 2.75) is 24.8 Å². The third kappa shape index (κ3) is 4.19. The van der Waals surface area contributed by atoms with Gasteiger partial charge >= 0.3 is 0 Å². The molecule has 2 aliphatic rings. The third-order valence-corrected chi connectivity index (χ3v) is 9.52. The largest absolute Gasteiger partial charge is 0.378 e. The lowest BCUT2D eigenvalue weighted by atomic mass is 9.88. The van der Waals surface area contributed by atoms with Crippen molar-refractivity contribution in [1.82, 2.24) is 9.13 Å². The molecule has 0 spiro atoms. The highest BCUT2D eigenvalue weighted by atomic mass is 15.0. The van der Waals surface area contributed by atoms with E-state index in [2.05, 4.69) is 172 Å². The van der Waals surface area contributed by atoms with Crippen molar-refractivity contribution >= 4 is 50.2 Å². The van der Waals surface area contributed by atoms with Gasteiger partial charge in [-0.25, -0.2) is 0 Å². The van der Waals surface area contributed by atoms with Crippen LogP contribution in [0.5, 0.6) is 0 Å². The quantitative estimate of drug-likeness (QED) is 0.217. The predicted octanol–water partition coefficient (Wildman–Crippen LogP) is 8.66. The van der Waals surface area contributed by atoms with Gasteiger partial charge in [0.25, 0.3) is 0 Å². The molecule has 2 aliphatic carbocycles. The number of hydrogen-bond acceptors (Lipinski definition) is 1. The zero-order valence-corrected chi connectivity index (χ0v) is 25.0. The van der Waals surface area contributed by atoms with Crippen molar-refractivity contribution in [3.63, 3.8) is 0 Å². The molecule has 0 saturated carbocycles. The summed E-state index contributed by atoms with van der Waals surface area (Å²) in [7, 11) is 0. The first kappa shape index (κ1) is 25.9. The van der Waals surface area contributed by atoms with Crippen molar-refractivity contribution in [1.29, 1.82) is 0 Å². The van der Waals surface area contributed by atoms with Crippen LogP contribution in [-0.2, 0) is 0 Å². The minimum absolute atomic E-state index is 0.172. The fourth-order valence-electron chi connectivity index (χ4n) is 7.59. The molecule has 0 radical (unpaired) electrons. The van der Waals surface area contributed by atoms with Crippen LogP contribution in [0.25, 0.3) is 50.2 Å². The number of nitrogens with one attached hydrogen (secondary N) is 1. The Morgan fingerprint density at radius 1 is 0.578 bits per heavy atom. The fraction of sp³-hybridized carbons (Fsp3) is 0.0952. The monoisotopic (exact) mass is 579 g/mol. The summed E-state index contributed by atoms with van der Waals surface area (Å²) in [5, 5.41) is 10.3. The van der Waals surface area contributed by atoms with E-state index in [1.165, 1.54) is 65.9 Å². The fourth-order valence-corrected chi connectivity index (χ4v) is 7.59. The van der Waals surface area contributed by atoms with E-state index in [0.717, 1.165) is 12.8 Å². The van der Waals surface area contributed by atoms with Gasteiger partial charge in [0.15, 0.2) is 0 Å². The van der Waals surface area contributed by atoms with Crippen molar-refractivity contribution in [2.24, 2.45) is 0 Å². The van der Waals surface area contributed by atoms with Gasteiger partial charge in [0, 0.05) is 50.4 Å². The molecule has 0 saturated heterocycles. The number of hydrogen-bond donors (Lipinski definition) is 1. The standard InChI is InChI=1S/C42H33N3/c1-3-15-30(16-4-1)43-36-23-11-7-19-32(36)29-27-40-42(35-22-10-14-26-39(35)44(40)31-17-5-2-6-18-31)41(28-29)45-37-24-12-8-20-33(37)34-21-9-13-25-38(34)45/h1-15,17-27,29-30,43H,16,28H2. The van der Waals surface area contributed by atoms with Gasteiger partial charge in [0.1, 0.15) is 0 Å². The Morgan fingerprint density at radius 3 is 1.91 bits per heavy atom. The van der Waals surface area contributed by atoms with Gasteiger partial charge in [-0.2, -0.15) is 0 Å². The molecule has 2 heterocycles. The predicted molar refractivity (Wildman–Crippen MR) is 189 cm³/mol. The molecule has 216 valence electrons. The van der Waals surface area contributed by atoms with Gasteiger partial charge in [-0.15, -0.1) is 0 Å². The first-order valence-electron chi connectivity index (χ1n) is 15.9. The van der Waals surface area contributed by atoms with Crippen LogP contribution >= 0.6 is 0 Å². The maximum absolute atomic E-state index is 3.87. The summed E-state index contributed by atoms with van der Waals surface area (Å²) in [5.74, 6) is 0.172. The van der Waals surface area contributed by atoms with Gasteiger partial charge in [-0.1, -0.05) is 121 Å². The Bertz CT molecular complexity index is 2370. The molecule has 0 amide bonds. The summed E-state index contributed by atoms with van der Waals surface area (Å²) in [6, 6.07) is 46.7. The molecule has 0 fully saturated rings. The molecular formula is C42H33N3. The van der Waals surface area contributed by atoms with E-state index >= 15 is 0 Å². The average Bonchev–Trinajstić information content (AvgIpc) is 3.62. The molecule has 1 N–H and O–H groups in total. The summed E-state index contributed by atoms with van der Waals surface area (Å²) in [6.45, 7) is 0. The highest BCUT2D eigenvalue weighted by molar-refractivity contribution is 6.10. The molecular weight excluding hydrogens is 546 g/mol. The van der Waals surface area contributed by atoms with Crippen molar-refractivity contribution in [3.05, 3.63) is 168 Å². The van der Waals surface area contributed by atoms with Gasteiger partial charge < -0.3 is 14.5 Å². The van der Waals surface area contributed by atoms with E-state index < -0.39 is 0 Å². The molecule has 0 bridgehead atoms. The zero-order valence-electron chi connectivity index (χ0n) is 25.0. The SMILES string of the molecule is C1=CCC(Nc2ccccc2C2C=c3c(c4ccccc4n3-c3ccccc3)=C(n3c4ccccc4c4ccccc43)C2)C=C1. The van der Waals surface area contributed by atoms with Gasteiger partial charge in [0.05, 0.1) is 21.9 Å². The van der Waals surface area contributed by atoms with Gasteiger partial charge in [-0.05, 0) is 54.8 Å². The molecule has 2 aromatic heterocycles. The zero-order chi connectivity index (χ0) is 29.7. The summed E-state index contributed by atoms with van der Waals surface area (Å²) >= 11 is 0. The van der Waals surface area contributed by atoms with Crippen LogP contribution in [0.4, 0.5) is 5.69 Å². The number of fused-ring (bicyclic) bond motifs is 6. The van der Waals surface area contributed by atoms with Crippen molar-refractivity contribution in [3.8, 4) is 5.69 Å². The molecule has 0 aliphatic heterocycles. The van der Waals surface area contributed by atoms with Crippen LogP contribution in [0.1, 0.15) is 24.3 Å². The van der Waals surface area contributed by atoms with Crippen LogP contribution in [0.3, 0.4) is 0 Å². The first-order valence-corrected chi connectivity index (χ1v) is 15.9. The van der Waals surface area contributed by atoms with E-state index in [-0.39, 0.29) is 12.0 Å². The molecule has 9 rings (SSSR count). The molecule has 3 nitrogen and oxygen atoms in total. The van der Waals surface area contributed by atoms with E-state index in [1.807, 2.05) is 0 Å². The highest BCUT2D eigenvalue weighted by Crippen LogP contribution is 2.38. The van der Waals surface area contributed by atoms with E-state index in [9.17, 15) is 0 Å². The maximum Gasteiger partial charge on any atom is 0.0541 e. The Morgan fingerprint density at radius 2 is 1.20 bits per heavy atom. The van der Waals surface area contributed by atoms with Gasteiger partial charge in [-0.3, -0.25) is 0 Å². The Hall–Kier alpha value is -5.54. The number of para-hydroxylation sites is 5. The topological polar surface area (TPSA) is 21.9 Å². The summed E-state index contributed by atoms with van der Waals surface area (Å²) in [6.07, 6.45) is 13.2. The minimum Gasteiger partial charge on any atom is -0.378 e. The molecule has 3 heteroatoms. The molecule has 5 aromatic carbocycles. The molecule has 7 aromatic rings. The second-order valence-electron chi connectivity index (χ2n) is 12.1. The lowest BCUT2D eigenvalue weighted by Gasteiger charge is -2.26. The van der Waals surface area contributed by atoms with Crippen LogP contribution in [-0.4, -0.2) is 15.2 Å². The molecule has 2 unspecified atom stereocenters. The van der Waals surface area contributed by atoms with Crippen LogP contribution in [0.2, 0.25) is 0 Å². The molecule has 45 heavy (non-hydrogen) atoms. The third-order valence-electron chi connectivity index (χ3n) is 9.52. The second-order valence-corrected chi connectivity index (χ2v) is 12.1. The number of rotatable bonds is 5. The second kappa shape index (κ2) is 10.6. The van der Waals surface area contributed by atoms with Crippen molar-refractivity contribution < 1.29 is 0 Å². The molecule has 2 atom stereocenters. The number of nitrogens with zero attached hydrogens (tertiary/aromatic N) is 2. The van der Waals surface area contributed by atoms with Crippen LogP contribution in [0.15, 0.2) is 152 Å². The Balaban J connectivity index is 1.38. The highest BCUT2D eigenvalue weighted by Gasteiger charge is 2.26. The number of anilines is 1.